The highest BCUT2D eigenvalue weighted by Gasteiger charge is 2.14. The quantitative estimate of drug-likeness (QED) is 0.858. The van der Waals surface area contributed by atoms with Gasteiger partial charge in [-0.05, 0) is 12.5 Å². The van der Waals surface area contributed by atoms with Gasteiger partial charge in [0.15, 0.2) is 5.82 Å². The van der Waals surface area contributed by atoms with E-state index in [9.17, 15) is 0 Å². The molecule has 0 aliphatic carbocycles. The lowest BCUT2D eigenvalue weighted by atomic mass is 10.0. The molecular formula is C12H14ClN3. The zero-order valence-corrected chi connectivity index (χ0v) is 9.88. The predicted octanol–water partition coefficient (Wildman–Crippen LogP) is 3.26. The molecule has 16 heavy (non-hydrogen) atoms. The van der Waals surface area contributed by atoms with Crippen LogP contribution in [-0.2, 0) is 6.42 Å². The summed E-state index contributed by atoms with van der Waals surface area (Å²) in [5.41, 5.74) is 8.80. The normalized spacial score (nSPS) is 10.6. The molecule has 0 saturated heterocycles. The van der Waals surface area contributed by atoms with Crippen LogP contribution >= 0.6 is 11.6 Å². The average Bonchev–Trinajstić information content (AvgIpc) is 2.62. The number of hydrogen-bond acceptors (Lipinski definition) is 2. The average molecular weight is 236 g/mol. The molecule has 0 radical (unpaired) electrons. The lowest BCUT2D eigenvalue weighted by molar-refractivity contribution is 0.869. The lowest BCUT2D eigenvalue weighted by Crippen LogP contribution is -1.91. The number of halogens is 1. The van der Waals surface area contributed by atoms with Crippen LogP contribution in [0, 0.1) is 0 Å². The van der Waals surface area contributed by atoms with E-state index in [1.54, 1.807) is 0 Å². The monoisotopic (exact) mass is 235 g/mol. The van der Waals surface area contributed by atoms with E-state index in [0.717, 1.165) is 29.7 Å². The van der Waals surface area contributed by atoms with Crippen LogP contribution in [0.3, 0.4) is 0 Å². The van der Waals surface area contributed by atoms with Crippen LogP contribution in [0.15, 0.2) is 24.3 Å². The van der Waals surface area contributed by atoms with E-state index in [1.165, 1.54) is 0 Å². The van der Waals surface area contributed by atoms with Crippen molar-refractivity contribution in [1.29, 1.82) is 0 Å². The third kappa shape index (κ3) is 1.91. The zero-order valence-electron chi connectivity index (χ0n) is 9.13. The van der Waals surface area contributed by atoms with Crippen LogP contribution in [0.25, 0.3) is 11.1 Å². The number of benzene rings is 1. The summed E-state index contributed by atoms with van der Waals surface area (Å²) in [5.74, 6) is 0.511. The molecule has 2 aromatic rings. The molecule has 3 N–H and O–H groups in total. The van der Waals surface area contributed by atoms with Crippen LogP contribution < -0.4 is 5.73 Å². The van der Waals surface area contributed by atoms with Crippen LogP contribution in [0.5, 0.6) is 0 Å². The number of aromatic amines is 1. The third-order valence-electron chi connectivity index (χ3n) is 2.51. The van der Waals surface area contributed by atoms with E-state index in [0.29, 0.717) is 10.8 Å². The second-order valence-corrected chi connectivity index (χ2v) is 4.10. The summed E-state index contributed by atoms with van der Waals surface area (Å²) < 4.78 is 0. The molecule has 0 spiro atoms. The number of nitrogens with one attached hydrogen (secondary N) is 1. The standard InChI is InChI=1S/C12H14ClN3/c1-2-5-10-11(12(14)16-15-10)8-6-3-4-7-9(8)13/h3-4,6-7H,2,5H2,1H3,(H3,14,15,16). The van der Waals surface area contributed by atoms with Gasteiger partial charge in [0.25, 0.3) is 0 Å². The van der Waals surface area contributed by atoms with Gasteiger partial charge in [0, 0.05) is 21.8 Å². The van der Waals surface area contributed by atoms with Crippen molar-refractivity contribution in [3.05, 3.63) is 35.0 Å². The molecule has 0 bridgehead atoms. The summed E-state index contributed by atoms with van der Waals surface area (Å²) in [6.45, 7) is 2.12. The Kier molecular flexibility index (Phi) is 3.15. The highest BCUT2D eigenvalue weighted by molar-refractivity contribution is 6.33. The molecule has 0 amide bonds. The lowest BCUT2D eigenvalue weighted by Gasteiger charge is -2.05. The Morgan fingerprint density at radius 3 is 2.81 bits per heavy atom. The minimum Gasteiger partial charge on any atom is -0.382 e. The first-order valence-corrected chi connectivity index (χ1v) is 5.69. The largest absolute Gasteiger partial charge is 0.382 e. The molecule has 4 heteroatoms. The van der Waals surface area contributed by atoms with Crippen molar-refractivity contribution in [3.63, 3.8) is 0 Å². The summed E-state index contributed by atoms with van der Waals surface area (Å²) in [6, 6.07) is 7.67. The van der Waals surface area contributed by atoms with Gasteiger partial charge in [0.2, 0.25) is 0 Å². The molecule has 0 fully saturated rings. The topological polar surface area (TPSA) is 54.7 Å². The fraction of sp³-hybridized carbons (Fsp3) is 0.250. The molecular weight excluding hydrogens is 222 g/mol. The van der Waals surface area contributed by atoms with Gasteiger partial charge in [-0.2, -0.15) is 5.10 Å². The second kappa shape index (κ2) is 4.58. The molecule has 0 aliphatic rings. The first-order chi connectivity index (χ1) is 7.74. The SMILES string of the molecule is CCCc1[nH]nc(N)c1-c1ccccc1Cl. The molecule has 0 atom stereocenters. The van der Waals surface area contributed by atoms with E-state index >= 15 is 0 Å². The summed E-state index contributed by atoms with van der Waals surface area (Å²) in [4.78, 5) is 0. The van der Waals surface area contributed by atoms with Gasteiger partial charge in [-0.15, -0.1) is 0 Å². The van der Waals surface area contributed by atoms with Crippen LogP contribution in [-0.4, -0.2) is 10.2 Å². The molecule has 2 rings (SSSR count). The summed E-state index contributed by atoms with van der Waals surface area (Å²) in [7, 11) is 0. The Bertz CT molecular complexity index is 491. The number of nitrogens with zero attached hydrogens (tertiary/aromatic N) is 1. The Balaban J connectivity index is 2.54. The minimum absolute atomic E-state index is 0.511. The van der Waals surface area contributed by atoms with E-state index in [-0.39, 0.29) is 0 Å². The highest BCUT2D eigenvalue weighted by Crippen LogP contribution is 2.33. The van der Waals surface area contributed by atoms with Crippen LogP contribution in [0.2, 0.25) is 5.02 Å². The molecule has 84 valence electrons. The fourth-order valence-corrected chi connectivity index (χ4v) is 2.02. The third-order valence-corrected chi connectivity index (χ3v) is 2.84. The number of aryl methyl sites for hydroxylation is 1. The van der Waals surface area contributed by atoms with Gasteiger partial charge < -0.3 is 5.73 Å². The number of hydrogen-bond donors (Lipinski definition) is 2. The Hall–Kier alpha value is -1.48. The zero-order chi connectivity index (χ0) is 11.5. The van der Waals surface area contributed by atoms with Gasteiger partial charge in [0.05, 0.1) is 0 Å². The molecule has 1 aromatic heterocycles. The van der Waals surface area contributed by atoms with Gasteiger partial charge in [-0.1, -0.05) is 43.1 Å². The second-order valence-electron chi connectivity index (χ2n) is 3.69. The molecule has 1 heterocycles. The molecule has 3 nitrogen and oxygen atoms in total. The van der Waals surface area contributed by atoms with Gasteiger partial charge in [-0.3, -0.25) is 5.10 Å². The Labute approximate surface area is 99.6 Å². The molecule has 0 unspecified atom stereocenters. The van der Waals surface area contributed by atoms with E-state index in [2.05, 4.69) is 17.1 Å². The van der Waals surface area contributed by atoms with Crippen molar-refractivity contribution in [2.75, 3.05) is 5.73 Å². The number of anilines is 1. The smallest absolute Gasteiger partial charge is 0.153 e. The summed E-state index contributed by atoms with van der Waals surface area (Å²) >= 11 is 6.16. The highest BCUT2D eigenvalue weighted by atomic mass is 35.5. The number of rotatable bonds is 3. The minimum atomic E-state index is 0.511. The van der Waals surface area contributed by atoms with E-state index in [1.807, 2.05) is 24.3 Å². The van der Waals surface area contributed by atoms with Crippen molar-refractivity contribution >= 4 is 17.4 Å². The van der Waals surface area contributed by atoms with Gasteiger partial charge in [-0.25, -0.2) is 0 Å². The molecule has 0 saturated carbocycles. The van der Waals surface area contributed by atoms with Crippen molar-refractivity contribution in [1.82, 2.24) is 10.2 Å². The van der Waals surface area contributed by atoms with E-state index < -0.39 is 0 Å². The van der Waals surface area contributed by atoms with Crippen molar-refractivity contribution < 1.29 is 0 Å². The number of H-pyrrole nitrogens is 1. The molecule has 1 aromatic carbocycles. The number of nitrogen functional groups attached to an aromatic ring is 1. The molecule has 0 aliphatic heterocycles. The summed E-state index contributed by atoms with van der Waals surface area (Å²) in [5, 5.41) is 7.72. The maximum Gasteiger partial charge on any atom is 0.153 e. The number of aromatic nitrogens is 2. The Morgan fingerprint density at radius 2 is 2.12 bits per heavy atom. The van der Waals surface area contributed by atoms with Crippen LogP contribution in [0.1, 0.15) is 19.0 Å². The first-order valence-electron chi connectivity index (χ1n) is 5.31. The van der Waals surface area contributed by atoms with Crippen molar-refractivity contribution in [2.24, 2.45) is 0 Å². The first kappa shape index (κ1) is 11.0. The summed E-state index contributed by atoms with van der Waals surface area (Å²) in [6.07, 6.45) is 1.96. The predicted molar refractivity (Wildman–Crippen MR) is 67.4 cm³/mol. The van der Waals surface area contributed by atoms with Crippen molar-refractivity contribution in [2.45, 2.75) is 19.8 Å². The number of nitrogens with two attached hydrogens (primary N) is 1. The van der Waals surface area contributed by atoms with Gasteiger partial charge >= 0.3 is 0 Å². The van der Waals surface area contributed by atoms with Gasteiger partial charge in [0.1, 0.15) is 0 Å². The fourth-order valence-electron chi connectivity index (χ4n) is 1.79. The maximum absolute atomic E-state index is 6.16. The Morgan fingerprint density at radius 1 is 1.38 bits per heavy atom. The van der Waals surface area contributed by atoms with Crippen LogP contribution in [0.4, 0.5) is 5.82 Å². The van der Waals surface area contributed by atoms with Crippen molar-refractivity contribution in [3.8, 4) is 11.1 Å². The maximum atomic E-state index is 6.16. The van der Waals surface area contributed by atoms with E-state index in [4.69, 9.17) is 17.3 Å².